The predicted molar refractivity (Wildman–Crippen MR) is 67.3 cm³/mol. The quantitative estimate of drug-likeness (QED) is 0.859. The minimum Gasteiger partial charge on any atom is -0.369 e. The molecule has 100 valence electrons. The maximum Gasteiger partial charge on any atom is 0.252 e. The zero-order chi connectivity index (χ0) is 13.0. The number of fused-ring (bicyclic) bond motifs is 1. The zero-order valence-corrected chi connectivity index (χ0v) is 11.0. The van der Waals surface area contributed by atoms with E-state index in [9.17, 15) is 4.79 Å². The average Bonchev–Trinajstić information content (AvgIpc) is 2.79. The first-order chi connectivity index (χ1) is 8.70. The summed E-state index contributed by atoms with van der Waals surface area (Å²) in [6.07, 6.45) is 4.18. The third-order valence-corrected chi connectivity index (χ3v) is 3.18. The van der Waals surface area contributed by atoms with Crippen LogP contribution in [0.1, 0.15) is 38.9 Å². The van der Waals surface area contributed by atoms with Crippen molar-refractivity contribution in [3.63, 3.8) is 0 Å². The number of anilines is 1. The van der Waals surface area contributed by atoms with Gasteiger partial charge >= 0.3 is 0 Å². The number of ether oxygens (including phenoxy) is 1. The molecule has 6 heteroatoms. The molecule has 0 unspecified atom stereocenters. The standard InChI is InChI=1S/C12H20N4O2/c1-3-9(2)18-8-11(17)13-12-15-14-10-6-4-5-7-16(10)12/h9H,3-8H2,1-2H3,(H,13,15,17)/t9-/m0/s1. The lowest BCUT2D eigenvalue weighted by Crippen LogP contribution is -2.24. The van der Waals surface area contributed by atoms with Crippen LogP contribution in [0, 0.1) is 0 Å². The summed E-state index contributed by atoms with van der Waals surface area (Å²) >= 11 is 0. The number of hydrogen-bond donors (Lipinski definition) is 1. The van der Waals surface area contributed by atoms with Crippen molar-refractivity contribution in [1.82, 2.24) is 14.8 Å². The molecule has 1 N–H and O–H groups in total. The molecule has 0 radical (unpaired) electrons. The van der Waals surface area contributed by atoms with Gasteiger partial charge in [-0.1, -0.05) is 6.92 Å². The number of nitrogens with zero attached hydrogens (tertiary/aromatic N) is 3. The van der Waals surface area contributed by atoms with Gasteiger partial charge in [-0.25, -0.2) is 0 Å². The number of aromatic nitrogens is 3. The molecule has 1 aromatic rings. The summed E-state index contributed by atoms with van der Waals surface area (Å²) in [6, 6.07) is 0. The Hall–Kier alpha value is -1.43. The highest BCUT2D eigenvalue weighted by atomic mass is 16.5. The number of aryl methyl sites for hydroxylation is 1. The van der Waals surface area contributed by atoms with E-state index in [-0.39, 0.29) is 18.6 Å². The Kier molecular flexibility index (Phi) is 4.30. The molecule has 0 saturated heterocycles. The highest BCUT2D eigenvalue weighted by Crippen LogP contribution is 2.16. The normalized spacial score (nSPS) is 16.1. The van der Waals surface area contributed by atoms with Crippen molar-refractivity contribution in [3.8, 4) is 0 Å². The Bertz CT molecular complexity index is 416. The van der Waals surface area contributed by atoms with Gasteiger partial charge < -0.3 is 4.74 Å². The van der Waals surface area contributed by atoms with Crippen molar-refractivity contribution >= 4 is 11.9 Å². The van der Waals surface area contributed by atoms with Crippen molar-refractivity contribution < 1.29 is 9.53 Å². The lowest BCUT2D eigenvalue weighted by Gasteiger charge is -2.15. The zero-order valence-electron chi connectivity index (χ0n) is 11.0. The summed E-state index contributed by atoms with van der Waals surface area (Å²) in [5.74, 6) is 1.33. The van der Waals surface area contributed by atoms with Crippen LogP contribution in [0.2, 0.25) is 0 Å². The van der Waals surface area contributed by atoms with Crippen LogP contribution in [0.5, 0.6) is 0 Å². The van der Waals surface area contributed by atoms with Gasteiger partial charge in [0.25, 0.3) is 5.91 Å². The van der Waals surface area contributed by atoms with Crippen LogP contribution in [0.25, 0.3) is 0 Å². The van der Waals surface area contributed by atoms with E-state index in [1.165, 1.54) is 0 Å². The Balaban J connectivity index is 1.89. The molecule has 1 atom stereocenters. The summed E-state index contributed by atoms with van der Waals surface area (Å²) in [5.41, 5.74) is 0. The van der Waals surface area contributed by atoms with Crippen LogP contribution in [0.15, 0.2) is 0 Å². The van der Waals surface area contributed by atoms with E-state index in [0.717, 1.165) is 38.1 Å². The smallest absolute Gasteiger partial charge is 0.252 e. The molecule has 0 aromatic carbocycles. The summed E-state index contributed by atoms with van der Waals surface area (Å²) in [6.45, 7) is 4.92. The summed E-state index contributed by atoms with van der Waals surface area (Å²) in [7, 11) is 0. The molecule has 0 fully saturated rings. The first-order valence-electron chi connectivity index (χ1n) is 6.54. The van der Waals surface area contributed by atoms with Crippen LogP contribution in [0.4, 0.5) is 5.95 Å². The third kappa shape index (κ3) is 3.07. The molecule has 1 aromatic heterocycles. The van der Waals surface area contributed by atoms with Gasteiger partial charge in [-0.05, 0) is 26.2 Å². The SMILES string of the molecule is CC[C@H](C)OCC(=O)Nc1nnc2n1CCCC2. The van der Waals surface area contributed by atoms with E-state index in [0.29, 0.717) is 5.95 Å². The minimum atomic E-state index is -0.170. The van der Waals surface area contributed by atoms with E-state index < -0.39 is 0 Å². The number of carbonyl (C=O) groups excluding carboxylic acids is 1. The Labute approximate surface area is 107 Å². The monoisotopic (exact) mass is 252 g/mol. The molecule has 6 nitrogen and oxygen atoms in total. The molecule has 2 rings (SSSR count). The summed E-state index contributed by atoms with van der Waals surface area (Å²) in [5, 5.41) is 10.8. The van der Waals surface area contributed by atoms with Crippen molar-refractivity contribution in [2.24, 2.45) is 0 Å². The summed E-state index contributed by atoms with van der Waals surface area (Å²) in [4.78, 5) is 11.7. The maximum absolute atomic E-state index is 11.7. The molecule has 1 amide bonds. The van der Waals surface area contributed by atoms with Crippen LogP contribution >= 0.6 is 0 Å². The van der Waals surface area contributed by atoms with Gasteiger partial charge in [0.05, 0.1) is 6.10 Å². The molecule has 0 bridgehead atoms. The predicted octanol–water partition coefficient (Wildman–Crippen LogP) is 1.37. The second-order valence-electron chi connectivity index (χ2n) is 4.63. The number of carbonyl (C=O) groups is 1. The van der Waals surface area contributed by atoms with Gasteiger partial charge in [0.2, 0.25) is 5.95 Å². The van der Waals surface area contributed by atoms with Crippen molar-refractivity contribution in [3.05, 3.63) is 5.82 Å². The van der Waals surface area contributed by atoms with Crippen molar-refractivity contribution in [2.45, 2.75) is 52.2 Å². The molecular formula is C12H20N4O2. The molecule has 1 aliphatic rings. The van der Waals surface area contributed by atoms with E-state index in [1.54, 1.807) is 0 Å². The number of nitrogens with one attached hydrogen (secondary N) is 1. The number of amides is 1. The molecule has 0 aliphatic carbocycles. The fourth-order valence-corrected chi connectivity index (χ4v) is 1.90. The van der Waals surface area contributed by atoms with Crippen molar-refractivity contribution in [1.29, 1.82) is 0 Å². The molecule has 1 aliphatic heterocycles. The topological polar surface area (TPSA) is 69.0 Å². The fourth-order valence-electron chi connectivity index (χ4n) is 1.90. The first-order valence-corrected chi connectivity index (χ1v) is 6.54. The van der Waals surface area contributed by atoms with Crippen LogP contribution in [-0.2, 0) is 22.5 Å². The molecule has 2 heterocycles. The second-order valence-corrected chi connectivity index (χ2v) is 4.63. The fraction of sp³-hybridized carbons (Fsp3) is 0.750. The van der Waals surface area contributed by atoms with E-state index in [1.807, 2.05) is 18.4 Å². The Morgan fingerprint density at radius 1 is 1.50 bits per heavy atom. The van der Waals surface area contributed by atoms with Gasteiger partial charge in [-0.3, -0.25) is 14.7 Å². The Morgan fingerprint density at radius 2 is 2.33 bits per heavy atom. The maximum atomic E-state index is 11.7. The first kappa shape index (κ1) is 13.0. The van der Waals surface area contributed by atoms with E-state index in [2.05, 4.69) is 15.5 Å². The second kappa shape index (κ2) is 5.95. The van der Waals surface area contributed by atoms with E-state index in [4.69, 9.17) is 4.74 Å². The van der Waals surface area contributed by atoms with Crippen LogP contribution in [0.3, 0.4) is 0 Å². The number of rotatable bonds is 5. The highest BCUT2D eigenvalue weighted by molar-refractivity contribution is 5.90. The molecule has 0 spiro atoms. The largest absolute Gasteiger partial charge is 0.369 e. The van der Waals surface area contributed by atoms with Gasteiger partial charge in [-0.15, -0.1) is 10.2 Å². The van der Waals surface area contributed by atoms with Gasteiger partial charge in [0, 0.05) is 13.0 Å². The Morgan fingerprint density at radius 3 is 3.11 bits per heavy atom. The van der Waals surface area contributed by atoms with Gasteiger partial charge in [-0.2, -0.15) is 0 Å². The third-order valence-electron chi connectivity index (χ3n) is 3.18. The van der Waals surface area contributed by atoms with Crippen LogP contribution < -0.4 is 5.32 Å². The lowest BCUT2D eigenvalue weighted by atomic mass is 10.2. The van der Waals surface area contributed by atoms with Crippen LogP contribution in [-0.4, -0.2) is 33.4 Å². The van der Waals surface area contributed by atoms with E-state index >= 15 is 0 Å². The average molecular weight is 252 g/mol. The summed E-state index contributed by atoms with van der Waals surface area (Å²) < 4.78 is 7.35. The van der Waals surface area contributed by atoms with Gasteiger partial charge in [0.1, 0.15) is 12.4 Å². The minimum absolute atomic E-state index is 0.0667. The van der Waals surface area contributed by atoms with Crippen molar-refractivity contribution in [2.75, 3.05) is 11.9 Å². The van der Waals surface area contributed by atoms with Gasteiger partial charge in [0.15, 0.2) is 0 Å². The molecular weight excluding hydrogens is 232 g/mol. The molecule has 0 saturated carbocycles. The lowest BCUT2D eigenvalue weighted by molar-refractivity contribution is -0.122. The molecule has 18 heavy (non-hydrogen) atoms. The number of hydrogen-bond acceptors (Lipinski definition) is 4. The highest BCUT2D eigenvalue weighted by Gasteiger charge is 2.17.